The smallest absolute Gasteiger partial charge is 0.367 e. The van der Waals surface area contributed by atoms with Crippen molar-refractivity contribution in [3.63, 3.8) is 0 Å². The van der Waals surface area contributed by atoms with Crippen LogP contribution < -0.4 is 5.73 Å². The van der Waals surface area contributed by atoms with Gasteiger partial charge in [-0.2, -0.15) is 0 Å². The molecule has 0 amide bonds. The summed E-state index contributed by atoms with van der Waals surface area (Å²) in [6.07, 6.45) is 3.01. The molecule has 0 fully saturated rings. The van der Waals surface area contributed by atoms with Crippen molar-refractivity contribution in [1.29, 1.82) is 0 Å². The van der Waals surface area contributed by atoms with Gasteiger partial charge in [0.1, 0.15) is 0 Å². The Balaban J connectivity index is 2.14. The molecule has 1 aromatic heterocycles. The number of benzene rings is 1. The maximum atomic E-state index is 11.8. The van der Waals surface area contributed by atoms with Crippen molar-refractivity contribution in [3.8, 4) is 0 Å². The number of carbonyl (C=O) groups excluding carboxylic acids is 1. The van der Waals surface area contributed by atoms with Crippen LogP contribution in [-0.2, 0) is 4.84 Å². The zero-order valence-electron chi connectivity index (χ0n) is 11.0. The average Bonchev–Trinajstić information content (AvgIpc) is 2.52. The molecular weight excluding hydrogens is 312 g/mol. The SMILES string of the molecule is N/C(=N/OC(=O)c1ccc([N+](=O)[O-])cc1Cl)c1ccncc1. The van der Waals surface area contributed by atoms with Gasteiger partial charge in [-0.25, -0.2) is 4.79 Å². The molecular formula is C13H9ClN4O4. The zero-order valence-corrected chi connectivity index (χ0v) is 11.7. The third-order valence-electron chi connectivity index (χ3n) is 2.59. The minimum absolute atomic E-state index is 0.0196. The van der Waals surface area contributed by atoms with E-state index in [9.17, 15) is 14.9 Å². The van der Waals surface area contributed by atoms with Gasteiger partial charge in [0, 0.05) is 30.1 Å². The number of non-ortho nitro benzene ring substituents is 1. The lowest BCUT2D eigenvalue weighted by Crippen LogP contribution is -2.15. The number of nitrogens with zero attached hydrogens (tertiary/aromatic N) is 3. The molecule has 1 aromatic carbocycles. The quantitative estimate of drug-likeness (QED) is 0.303. The predicted octanol–water partition coefficient (Wildman–Crippen LogP) is 2.12. The largest absolute Gasteiger partial charge is 0.380 e. The first-order valence-corrected chi connectivity index (χ1v) is 6.26. The second-order valence-corrected chi connectivity index (χ2v) is 4.42. The Morgan fingerprint density at radius 2 is 2.00 bits per heavy atom. The van der Waals surface area contributed by atoms with Gasteiger partial charge in [0.25, 0.3) is 5.69 Å². The van der Waals surface area contributed by atoms with Crippen molar-refractivity contribution in [3.05, 3.63) is 69.0 Å². The molecule has 0 aliphatic rings. The van der Waals surface area contributed by atoms with Crippen LogP contribution in [0.25, 0.3) is 0 Å². The predicted molar refractivity (Wildman–Crippen MR) is 78.5 cm³/mol. The number of halogens is 1. The summed E-state index contributed by atoms with van der Waals surface area (Å²) in [6, 6.07) is 6.55. The summed E-state index contributed by atoms with van der Waals surface area (Å²) in [5.41, 5.74) is 5.88. The highest BCUT2D eigenvalue weighted by atomic mass is 35.5. The lowest BCUT2D eigenvalue weighted by Gasteiger charge is -2.02. The normalized spacial score (nSPS) is 11.0. The van der Waals surface area contributed by atoms with Crippen molar-refractivity contribution in [2.45, 2.75) is 0 Å². The molecule has 9 heteroatoms. The lowest BCUT2D eigenvalue weighted by molar-refractivity contribution is -0.384. The van der Waals surface area contributed by atoms with E-state index >= 15 is 0 Å². The number of rotatable bonds is 4. The molecule has 0 spiro atoms. The third kappa shape index (κ3) is 3.55. The van der Waals surface area contributed by atoms with Crippen LogP contribution >= 0.6 is 11.6 Å². The summed E-state index contributed by atoms with van der Waals surface area (Å²) in [5, 5.41) is 14.0. The summed E-state index contributed by atoms with van der Waals surface area (Å²) in [5.74, 6) is -0.898. The van der Waals surface area contributed by atoms with E-state index in [0.717, 1.165) is 12.1 Å². The van der Waals surface area contributed by atoms with E-state index in [0.29, 0.717) is 5.56 Å². The van der Waals surface area contributed by atoms with Gasteiger partial charge in [0.05, 0.1) is 15.5 Å². The number of nitro benzene ring substituents is 1. The Morgan fingerprint density at radius 1 is 1.32 bits per heavy atom. The molecule has 112 valence electrons. The van der Waals surface area contributed by atoms with Gasteiger partial charge in [-0.1, -0.05) is 16.8 Å². The number of amidine groups is 1. The van der Waals surface area contributed by atoms with Crippen LogP contribution in [0.2, 0.25) is 5.02 Å². The molecule has 0 saturated carbocycles. The minimum Gasteiger partial charge on any atom is -0.380 e. The Bertz CT molecular complexity index is 749. The van der Waals surface area contributed by atoms with Crippen molar-refractivity contribution in [2.24, 2.45) is 10.9 Å². The fourth-order valence-corrected chi connectivity index (χ4v) is 1.75. The highest BCUT2D eigenvalue weighted by Gasteiger charge is 2.16. The second kappa shape index (κ2) is 6.64. The molecule has 0 bridgehead atoms. The number of aromatic nitrogens is 1. The van der Waals surface area contributed by atoms with E-state index in [-0.39, 0.29) is 22.1 Å². The van der Waals surface area contributed by atoms with Gasteiger partial charge < -0.3 is 10.6 Å². The fraction of sp³-hybridized carbons (Fsp3) is 0. The summed E-state index contributed by atoms with van der Waals surface area (Å²) >= 11 is 5.81. The number of nitrogens with two attached hydrogens (primary N) is 1. The number of hydrogen-bond acceptors (Lipinski definition) is 6. The second-order valence-electron chi connectivity index (χ2n) is 4.01. The van der Waals surface area contributed by atoms with Crippen LogP contribution in [0.3, 0.4) is 0 Å². The molecule has 0 unspecified atom stereocenters. The van der Waals surface area contributed by atoms with Crippen molar-refractivity contribution < 1.29 is 14.6 Å². The maximum Gasteiger partial charge on any atom is 0.367 e. The zero-order chi connectivity index (χ0) is 16.1. The van der Waals surface area contributed by atoms with E-state index in [1.807, 2.05) is 0 Å². The van der Waals surface area contributed by atoms with Crippen LogP contribution in [0, 0.1) is 10.1 Å². The molecule has 2 N–H and O–H groups in total. The molecule has 0 saturated heterocycles. The molecule has 0 radical (unpaired) electrons. The highest BCUT2D eigenvalue weighted by Crippen LogP contribution is 2.23. The van der Waals surface area contributed by atoms with Crippen LogP contribution in [0.4, 0.5) is 5.69 Å². The third-order valence-corrected chi connectivity index (χ3v) is 2.90. The van der Waals surface area contributed by atoms with Gasteiger partial charge in [-0.05, 0) is 18.2 Å². The summed E-state index contributed by atoms with van der Waals surface area (Å²) in [4.78, 5) is 30.3. The topological polar surface area (TPSA) is 121 Å². The number of pyridine rings is 1. The van der Waals surface area contributed by atoms with Gasteiger partial charge in [-0.3, -0.25) is 15.1 Å². The Hall–Kier alpha value is -3.00. The van der Waals surface area contributed by atoms with Gasteiger partial charge >= 0.3 is 5.97 Å². The molecule has 22 heavy (non-hydrogen) atoms. The average molecular weight is 321 g/mol. The molecule has 8 nitrogen and oxygen atoms in total. The monoisotopic (exact) mass is 320 g/mol. The molecule has 0 atom stereocenters. The molecule has 0 aliphatic carbocycles. The van der Waals surface area contributed by atoms with E-state index in [1.54, 1.807) is 12.1 Å². The first-order chi connectivity index (χ1) is 10.5. The number of nitro groups is 1. The minimum atomic E-state index is -0.878. The van der Waals surface area contributed by atoms with E-state index in [4.69, 9.17) is 17.3 Å². The fourth-order valence-electron chi connectivity index (χ4n) is 1.50. The van der Waals surface area contributed by atoms with Gasteiger partial charge in [0.2, 0.25) is 0 Å². The summed E-state index contributed by atoms with van der Waals surface area (Å²) < 4.78 is 0. The summed E-state index contributed by atoms with van der Waals surface area (Å²) in [7, 11) is 0. The van der Waals surface area contributed by atoms with Crippen LogP contribution in [0.5, 0.6) is 0 Å². The van der Waals surface area contributed by atoms with Gasteiger partial charge in [0.15, 0.2) is 5.84 Å². The number of oxime groups is 1. The Labute approximate surface area is 129 Å². The summed E-state index contributed by atoms with van der Waals surface area (Å²) in [6.45, 7) is 0. The van der Waals surface area contributed by atoms with E-state index < -0.39 is 10.9 Å². The number of carbonyl (C=O) groups is 1. The van der Waals surface area contributed by atoms with Crippen molar-refractivity contribution in [2.75, 3.05) is 0 Å². The van der Waals surface area contributed by atoms with E-state index in [1.165, 1.54) is 18.5 Å². The molecule has 2 rings (SSSR count). The lowest BCUT2D eigenvalue weighted by atomic mass is 10.2. The van der Waals surface area contributed by atoms with Gasteiger partial charge in [-0.15, -0.1) is 0 Å². The molecule has 0 aliphatic heterocycles. The van der Waals surface area contributed by atoms with Crippen LogP contribution in [0.15, 0.2) is 47.9 Å². The molecule has 1 heterocycles. The van der Waals surface area contributed by atoms with Crippen LogP contribution in [-0.4, -0.2) is 21.7 Å². The van der Waals surface area contributed by atoms with Crippen molar-refractivity contribution in [1.82, 2.24) is 4.98 Å². The molecule has 2 aromatic rings. The first kappa shape index (κ1) is 15.4. The first-order valence-electron chi connectivity index (χ1n) is 5.88. The standard InChI is InChI=1S/C13H9ClN4O4/c14-11-7-9(18(20)21)1-2-10(11)13(19)22-17-12(15)8-3-5-16-6-4-8/h1-7H,(H2,15,17). The van der Waals surface area contributed by atoms with E-state index in [2.05, 4.69) is 15.0 Å². The highest BCUT2D eigenvalue weighted by molar-refractivity contribution is 6.33. The van der Waals surface area contributed by atoms with Crippen LogP contribution in [0.1, 0.15) is 15.9 Å². The van der Waals surface area contributed by atoms with Crippen molar-refractivity contribution >= 4 is 29.1 Å². The Kier molecular flexibility index (Phi) is 4.64. The maximum absolute atomic E-state index is 11.8. The number of hydrogen-bond donors (Lipinski definition) is 1. The Morgan fingerprint density at radius 3 is 2.59 bits per heavy atom.